The molecule has 2 heteroatoms. The Labute approximate surface area is 62.9 Å². The molecule has 1 heterocycles. The first-order valence-corrected chi connectivity index (χ1v) is 4.68. The highest BCUT2D eigenvalue weighted by atomic mass is 32.2. The first-order valence-electron chi connectivity index (χ1n) is 3.73. The molecule has 1 aliphatic rings. The summed E-state index contributed by atoms with van der Waals surface area (Å²) < 4.78 is 2.31. The Morgan fingerprint density at radius 3 is 2.11 bits per heavy atom. The lowest BCUT2D eigenvalue weighted by Gasteiger charge is -2.19. The third-order valence-electron chi connectivity index (χ3n) is 1.18. The molecule has 0 amide bonds. The Kier molecular flexibility index (Phi) is 6.65. The van der Waals surface area contributed by atoms with E-state index in [1.54, 1.807) is 0 Å². The van der Waals surface area contributed by atoms with Crippen molar-refractivity contribution >= 4 is 11.9 Å². The van der Waals surface area contributed by atoms with Gasteiger partial charge in [-0.1, -0.05) is 25.8 Å². The molecule has 9 heavy (non-hydrogen) atoms. The van der Waals surface area contributed by atoms with Crippen LogP contribution in [0.15, 0.2) is 0 Å². The van der Waals surface area contributed by atoms with Crippen molar-refractivity contribution in [3.63, 3.8) is 0 Å². The summed E-state index contributed by atoms with van der Waals surface area (Å²) in [6.07, 6.45) is 2.80. The Balaban J connectivity index is 0.000000291. The molecule has 0 atom stereocenters. The van der Waals surface area contributed by atoms with E-state index in [1.165, 1.54) is 25.1 Å². The first-order chi connectivity index (χ1) is 4.39. The summed E-state index contributed by atoms with van der Waals surface area (Å²) in [7, 11) is 2.16. The van der Waals surface area contributed by atoms with Crippen LogP contribution in [0.25, 0.3) is 0 Å². The highest BCUT2D eigenvalue weighted by Gasteiger charge is 2.03. The summed E-state index contributed by atoms with van der Waals surface area (Å²) in [6, 6.07) is 0. The lowest BCUT2D eigenvalue weighted by atomic mass is 10.3. The molecule has 0 N–H and O–H groups in total. The molecule has 1 nitrogen and oxygen atoms in total. The van der Waals surface area contributed by atoms with Crippen LogP contribution in [0, 0.1) is 0 Å². The Bertz CT molecular complexity index is 50.9. The highest BCUT2D eigenvalue weighted by molar-refractivity contribution is 7.97. The van der Waals surface area contributed by atoms with E-state index in [9.17, 15) is 0 Å². The molecule has 0 saturated carbocycles. The lowest BCUT2D eigenvalue weighted by molar-refractivity contribution is 0.517. The molecule has 0 radical (unpaired) electrons. The molecular weight excluding hydrogens is 130 g/mol. The number of nitrogens with zero attached hydrogens (tertiary/aromatic N) is 1. The van der Waals surface area contributed by atoms with Gasteiger partial charge >= 0.3 is 0 Å². The second kappa shape index (κ2) is 6.43. The summed E-state index contributed by atoms with van der Waals surface area (Å²) in [5, 5.41) is 0. The van der Waals surface area contributed by atoms with Gasteiger partial charge in [-0.25, -0.2) is 0 Å². The van der Waals surface area contributed by atoms with E-state index in [2.05, 4.69) is 11.4 Å². The van der Waals surface area contributed by atoms with Crippen molar-refractivity contribution in [3.8, 4) is 0 Å². The minimum absolute atomic E-state index is 1.28. The van der Waals surface area contributed by atoms with Gasteiger partial charge in [0.15, 0.2) is 0 Å². The van der Waals surface area contributed by atoms with Gasteiger partial charge in [0, 0.05) is 12.3 Å². The monoisotopic (exact) mass is 147 g/mol. The van der Waals surface area contributed by atoms with Crippen molar-refractivity contribution in [2.24, 2.45) is 0 Å². The van der Waals surface area contributed by atoms with Crippen LogP contribution in [0.3, 0.4) is 0 Å². The van der Waals surface area contributed by atoms with E-state index < -0.39 is 0 Å². The summed E-state index contributed by atoms with van der Waals surface area (Å²) in [4.78, 5) is 0. The van der Waals surface area contributed by atoms with E-state index in [4.69, 9.17) is 0 Å². The van der Waals surface area contributed by atoms with Crippen molar-refractivity contribution in [1.29, 1.82) is 0 Å². The predicted octanol–water partition coefficient (Wildman–Crippen LogP) is 2.39. The van der Waals surface area contributed by atoms with Crippen LogP contribution in [-0.4, -0.2) is 23.7 Å². The maximum Gasteiger partial charge on any atom is 0.00865 e. The van der Waals surface area contributed by atoms with Crippen LogP contribution in [0.2, 0.25) is 0 Å². The van der Waals surface area contributed by atoms with E-state index in [0.717, 1.165) is 0 Å². The van der Waals surface area contributed by atoms with Gasteiger partial charge in [0.05, 0.1) is 0 Å². The molecule has 0 aromatic carbocycles. The van der Waals surface area contributed by atoms with Crippen molar-refractivity contribution in [3.05, 3.63) is 0 Å². The first kappa shape index (κ1) is 9.31. The summed E-state index contributed by atoms with van der Waals surface area (Å²) in [6.45, 7) is 5.28. The lowest BCUT2D eigenvalue weighted by Crippen LogP contribution is -2.16. The fraction of sp³-hybridized carbons (Fsp3) is 1.00. The molecule has 0 aromatic rings. The minimum Gasteiger partial charge on any atom is -0.254 e. The molecule has 0 aliphatic carbocycles. The van der Waals surface area contributed by atoms with Crippen molar-refractivity contribution in [1.82, 2.24) is 4.31 Å². The largest absolute Gasteiger partial charge is 0.254 e. The topological polar surface area (TPSA) is 3.24 Å². The fourth-order valence-electron chi connectivity index (χ4n) is 0.721. The zero-order chi connectivity index (χ0) is 7.11. The molecule has 1 saturated heterocycles. The smallest absolute Gasteiger partial charge is 0.00865 e. The Morgan fingerprint density at radius 1 is 1.22 bits per heavy atom. The average Bonchev–Trinajstić information content (AvgIpc) is 1.94. The predicted molar refractivity (Wildman–Crippen MR) is 45.7 cm³/mol. The van der Waals surface area contributed by atoms with Crippen LogP contribution in [0.1, 0.15) is 26.7 Å². The average molecular weight is 147 g/mol. The van der Waals surface area contributed by atoms with E-state index >= 15 is 0 Å². The van der Waals surface area contributed by atoms with Crippen LogP contribution in [-0.2, 0) is 0 Å². The zero-order valence-electron chi connectivity index (χ0n) is 6.68. The zero-order valence-corrected chi connectivity index (χ0v) is 7.50. The molecule has 0 spiro atoms. The van der Waals surface area contributed by atoms with Crippen LogP contribution in [0.5, 0.6) is 0 Å². The van der Waals surface area contributed by atoms with Crippen molar-refractivity contribution in [2.45, 2.75) is 26.7 Å². The molecule has 1 aliphatic heterocycles. The molecule has 56 valence electrons. The standard InChI is InChI=1S/C5H11NS.C2H6/c1-6-4-2-3-5-7-6;1-2/h2-5H2,1H3;1-2H3. The molecule has 0 aromatic heterocycles. The Morgan fingerprint density at radius 2 is 1.89 bits per heavy atom. The molecule has 1 rings (SSSR count). The third-order valence-corrected chi connectivity index (χ3v) is 2.27. The summed E-state index contributed by atoms with van der Waals surface area (Å²) in [5.74, 6) is 1.33. The number of hydrogen-bond acceptors (Lipinski definition) is 2. The minimum atomic E-state index is 1.28. The second-order valence-electron chi connectivity index (χ2n) is 1.89. The van der Waals surface area contributed by atoms with Crippen molar-refractivity contribution in [2.75, 3.05) is 19.3 Å². The number of hydrogen-bond donors (Lipinski definition) is 0. The normalized spacial score (nSPS) is 20.3. The van der Waals surface area contributed by atoms with E-state index in [1.807, 2.05) is 25.8 Å². The molecule has 1 fully saturated rings. The second-order valence-corrected chi connectivity index (χ2v) is 3.18. The van der Waals surface area contributed by atoms with Crippen LogP contribution < -0.4 is 0 Å². The van der Waals surface area contributed by atoms with E-state index in [0.29, 0.717) is 0 Å². The maximum atomic E-state index is 2.31. The van der Waals surface area contributed by atoms with Crippen LogP contribution in [0.4, 0.5) is 0 Å². The van der Waals surface area contributed by atoms with Gasteiger partial charge in [0.2, 0.25) is 0 Å². The van der Waals surface area contributed by atoms with Gasteiger partial charge < -0.3 is 0 Å². The maximum absolute atomic E-state index is 2.31. The molecule has 0 bridgehead atoms. The van der Waals surface area contributed by atoms with E-state index in [-0.39, 0.29) is 0 Å². The Hall–Kier alpha value is 0.310. The number of rotatable bonds is 0. The van der Waals surface area contributed by atoms with Gasteiger partial charge in [0.1, 0.15) is 0 Å². The highest BCUT2D eigenvalue weighted by Crippen LogP contribution is 2.15. The summed E-state index contributed by atoms with van der Waals surface area (Å²) >= 11 is 1.95. The van der Waals surface area contributed by atoms with Gasteiger partial charge in [-0.15, -0.1) is 0 Å². The summed E-state index contributed by atoms with van der Waals surface area (Å²) in [5.41, 5.74) is 0. The SMILES string of the molecule is CC.CN1CCCCS1. The van der Waals surface area contributed by atoms with Gasteiger partial charge in [0.25, 0.3) is 0 Å². The van der Waals surface area contributed by atoms with Crippen molar-refractivity contribution < 1.29 is 0 Å². The van der Waals surface area contributed by atoms with Crippen LogP contribution >= 0.6 is 11.9 Å². The third kappa shape index (κ3) is 4.79. The fourth-order valence-corrected chi connectivity index (χ4v) is 1.62. The van der Waals surface area contributed by atoms with Gasteiger partial charge in [-0.3, -0.25) is 4.31 Å². The molecule has 0 unspecified atom stereocenters. The quantitative estimate of drug-likeness (QED) is 0.484. The van der Waals surface area contributed by atoms with Gasteiger partial charge in [-0.2, -0.15) is 0 Å². The molecular formula is C7H17NS. The van der Waals surface area contributed by atoms with Gasteiger partial charge in [-0.05, 0) is 19.9 Å².